The molecule has 0 spiro atoms. The number of benzene rings is 2. The molecule has 2 aromatic rings. The lowest BCUT2D eigenvalue weighted by Gasteiger charge is -2.19. The van der Waals surface area contributed by atoms with Gasteiger partial charge in [-0.3, -0.25) is 4.79 Å². The summed E-state index contributed by atoms with van der Waals surface area (Å²) in [6, 6.07) is 13.6. The number of para-hydroxylation sites is 1. The number of anilines is 1. The minimum Gasteiger partial charge on any atom is -0.376 e. The van der Waals surface area contributed by atoms with Crippen LogP contribution in [0.25, 0.3) is 0 Å². The van der Waals surface area contributed by atoms with Crippen LogP contribution in [0.3, 0.4) is 0 Å². The highest BCUT2D eigenvalue weighted by atomic mass is 35.5. The highest BCUT2D eigenvalue weighted by Crippen LogP contribution is 2.19. The quantitative estimate of drug-likeness (QED) is 0.903. The number of nitrogens with zero attached hydrogens (tertiary/aromatic N) is 1. The van der Waals surface area contributed by atoms with Crippen molar-refractivity contribution in [2.45, 2.75) is 20.4 Å². The molecule has 4 heteroatoms. The molecule has 0 aliphatic carbocycles. The predicted molar refractivity (Wildman–Crippen MR) is 92.3 cm³/mol. The molecule has 0 heterocycles. The Bertz CT molecular complexity index is 632. The third kappa shape index (κ3) is 4.25. The lowest BCUT2D eigenvalue weighted by atomic mass is 10.1. The molecule has 116 valence electrons. The Morgan fingerprint density at radius 3 is 2.27 bits per heavy atom. The number of halogens is 1. The van der Waals surface area contributed by atoms with Crippen molar-refractivity contribution in [1.29, 1.82) is 0 Å². The Hall–Kier alpha value is -2.00. The standard InChI is InChI=1S/C18H21ClN2O/c1-13-5-4-6-14(2)18(13)20-11-17(22)21(3)12-15-7-9-16(19)10-8-15/h4-10,20H,11-12H2,1-3H3. The molecule has 0 atom stereocenters. The van der Waals surface area contributed by atoms with Gasteiger partial charge in [0.15, 0.2) is 0 Å². The summed E-state index contributed by atoms with van der Waals surface area (Å²) in [6.45, 7) is 4.94. The van der Waals surface area contributed by atoms with E-state index in [2.05, 4.69) is 5.32 Å². The number of carbonyl (C=O) groups excluding carboxylic acids is 1. The molecule has 0 aliphatic heterocycles. The van der Waals surface area contributed by atoms with Gasteiger partial charge in [-0.05, 0) is 42.7 Å². The zero-order valence-corrected chi connectivity index (χ0v) is 13.9. The molecule has 0 unspecified atom stereocenters. The van der Waals surface area contributed by atoms with E-state index in [0.717, 1.165) is 22.4 Å². The maximum Gasteiger partial charge on any atom is 0.241 e. The largest absolute Gasteiger partial charge is 0.376 e. The molecule has 0 saturated heterocycles. The van der Waals surface area contributed by atoms with Crippen molar-refractivity contribution in [2.75, 3.05) is 18.9 Å². The molecule has 1 amide bonds. The van der Waals surface area contributed by atoms with Crippen LogP contribution in [0.5, 0.6) is 0 Å². The first-order valence-corrected chi connectivity index (χ1v) is 7.63. The third-order valence-electron chi connectivity index (χ3n) is 3.66. The maximum absolute atomic E-state index is 12.2. The van der Waals surface area contributed by atoms with E-state index in [1.807, 2.05) is 63.4 Å². The van der Waals surface area contributed by atoms with Crippen molar-refractivity contribution in [3.05, 3.63) is 64.2 Å². The smallest absolute Gasteiger partial charge is 0.241 e. The fourth-order valence-corrected chi connectivity index (χ4v) is 2.47. The molecule has 2 aromatic carbocycles. The van der Waals surface area contributed by atoms with E-state index in [4.69, 9.17) is 11.6 Å². The number of carbonyl (C=O) groups is 1. The zero-order chi connectivity index (χ0) is 16.1. The molecule has 0 saturated carbocycles. The molecule has 0 aliphatic rings. The summed E-state index contributed by atoms with van der Waals surface area (Å²) < 4.78 is 0. The lowest BCUT2D eigenvalue weighted by molar-refractivity contribution is -0.128. The first-order valence-electron chi connectivity index (χ1n) is 7.26. The Kier molecular flexibility index (Phi) is 5.45. The number of hydrogen-bond donors (Lipinski definition) is 1. The molecule has 22 heavy (non-hydrogen) atoms. The minimum absolute atomic E-state index is 0.0533. The van der Waals surface area contributed by atoms with Gasteiger partial charge in [0.2, 0.25) is 5.91 Å². The molecular weight excluding hydrogens is 296 g/mol. The van der Waals surface area contributed by atoms with Gasteiger partial charge < -0.3 is 10.2 Å². The van der Waals surface area contributed by atoms with Crippen LogP contribution in [-0.4, -0.2) is 24.4 Å². The Labute approximate surface area is 136 Å². The SMILES string of the molecule is Cc1cccc(C)c1NCC(=O)N(C)Cc1ccc(Cl)cc1. The lowest BCUT2D eigenvalue weighted by Crippen LogP contribution is -2.32. The molecular formula is C18H21ClN2O. The summed E-state index contributed by atoms with van der Waals surface area (Å²) in [4.78, 5) is 14.0. The summed E-state index contributed by atoms with van der Waals surface area (Å²) in [5, 5.41) is 3.95. The number of likely N-dealkylation sites (N-methyl/N-ethyl adjacent to an activating group) is 1. The molecule has 3 nitrogen and oxygen atoms in total. The molecule has 0 radical (unpaired) electrons. The molecule has 0 bridgehead atoms. The third-order valence-corrected chi connectivity index (χ3v) is 3.91. The number of aryl methyl sites for hydroxylation is 2. The van der Waals surface area contributed by atoms with E-state index >= 15 is 0 Å². The predicted octanol–water partition coefficient (Wildman–Crippen LogP) is 4.03. The number of hydrogen-bond acceptors (Lipinski definition) is 2. The van der Waals surface area contributed by atoms with Crippen LogP contribution >= 0.6 is 11.6 Å². The van der Waals surface area contributed by atoms with E-state index < -0.39 is 0 Å². The fraction of sp³-hybridized carbons (Fsp3) is 0.278. The van der Waals surface area contributed by atoms with Gasteiger partial charge in [0.05, 0.1) is 6.54 Å². The molecule has 2 rings (SSSR count). The van der Waals surface area contributed by atoms with Gasteiger partial charge in [0.1, 0.15) is 0 Å². The summed E-state index contributed by atoms with van der Waals surface area (Å²) in [5.74, 6) is 0.0533. The van der Waals surface area contributed by atoms with E-state index in [1.165, 1.54) is 0 Å². The summed E-state index contributed by atoms with van der Waals surface area (Å²) in [7, 11) is 1.81. The first-order chi connectivity index (χ1) is 10.5. The van der Waals surface area contributed by atoms with E-state index in [0.29, 0.717) is 11.6 Å². The highest BCUT2D eigenvalue weighted by molar-refractivity contribution is 6.30. The number of rotatable bonds is 5. The van der Waals surface area contributed by atoms with Crippen LogP contribution in [0.2, 0.25) is 5.02 Å². The summed E-state index contributed by atoms with van der Waals surface area (Å²) in [6.07, 6.45) is 0. The summed E-state index contributed by atoms with van der Waals surface area (Å²) >= 11 is 5.87. The normalized spacial score (nSPS) is 10.4. The zero-order valence-electron chi connectivity index (χ0n) is 13.2. The number of nitrogens with one attached hydrogen (secondary N) is 1. The second-order valence-electron chi connectivity index (χ2n) is 5.50. The minimum atomic E-state index is 0.0533. The van der Waals surface area contributed by atoms with E-state index in [-0.39, 0.29) is 12.5 Å². The van der Waals surface area contributed by atoms with Gasteiger partial charge in [-0.1, -0.05) is 41.9 Å². The average Bonchev–Trinajstić information content (AvgIpc) is 2.48. The van der Waals surface area contributed by atoms with Gasteiger partial charge >= 0.3 is 0 Å². The Morgan fingerprint density at radius 2 is 1.68 bits per heavy atom. The second kappa shape index (κ2) is 7.32. The van der Waals surface area contributed by atoms with Crippen molar-refractivity contribution in [3.63, 3.8) is 0 Å². The number of amides is 1. The van der Waals surface area contributed by atoms with Crippen LogP contribution in [0, 0.1) is 13.8 Å². The monoisotopic (exact) mass is 316 g/mol. The first kappa shape index (κ1) is 16.4. The van der Waals surface area contributed by atoms with Crippen LogP contribution in [-0.2, 0) is 11.3 Å². The maximum atomic E-state index is 12.2. The van der Waals surface area contributed by atoms with Crippen LogP contribution < -0.4 is 5.32 Å². The molecule has 1 N–H and O–H groups in total. The Balaban J connectivity index is 1.93. The highest BCUT2D eigenvalue weighted by Gasteiger charge is 2.10. The van der Waals surface area contributed by atoms with Gasteiger partial charge in [0.25, 0.3) is 0 Å². The Morgan fingerprint density at radius 1 is 1.09 bits per heavy atom. The fourth-order valence-electron chi connectivity index (χ4n) is 2.34. The van der Waals surface area contributed by atoms with E-state index in [1.54, 1.807) is 4.90 Å². The van der Waals surface area contributed by atoms with Crippen molar-refractivity contribution < 1.29 is 4.79 Å². The van der Waals surface area contributed by atoms with Crippen LogP contribution in [0.15, 0.2) is 42.5 Å². The van der Waals surface area contributed by atoms with Crippen molar-refractivity contribution in [1.82, 2.24) is 4.90 Å². The van der Waals surface area contributed by atoms with E-state index in [9.17, 15) is 4.79 Å². The van der Waals surface area contributed by atoms with Crippen LogP contribution in [0.4, 0.5) is 5.69 Å². The average molecular weight is 317 g/mol. The van der Waals surface area contributed by atoms with Gasteiger partial charge in [-0.2, -0.15) is 0 Å². The van der Waals surface area contributed by atoms with Crippen molar-refractivity contribution in [3.8, 4) is 0 Å². The van der Waals surface area contributed by atoms with Crippen molar-refractivity contribution in [2.24, 2.45) is 0 Å². The van der Waals surface area contributed by atoms with Crippen molar-refractivity contribution >= 4 is 23.2 Å². The molecule has 0 aromatic heterocycles. The topological polar surface area (TPSA) is 32.3 Å². The van der Waals surface area contributed by atoms with Gasteiger partial charge in [0, 0.05) is 24.3 Å². The molecule has 0 fully saturated rings. The van der Waals surface area contributed by atoms with Crippen LogP contribution in [0.1, 0.15) is 16.7 Å². The van der Waals surface area contributed by atoms with Gasteiger partial charge in [-0.15, -0.1) is 0 Å². The summed E-state index contributed by atoms with van der Waals surface area (Å²) in [5.41, 5.74) is 4.39. The van der Waals surface area contributed by atoms with Gasteiger partial charge in [-0.25, -0.2) is 0 Å². The second-order valence-corrected chi connectivity index (χ2v) is 5.93.